The van der Waals surface area contributed by atoms with Crippen LogP contribution in [-0.4, -0.2) is 37.8 Å². The molecule has 26 heavy (non-hydrogen) atoms. The standard InChI is InChI=1S/C19H27ClN2O3.ClH/c1-2-24-7-8-25-18-6-3-14(20)12-17(18)22-19(23)11-13-9-15-4-5-16(10-13)21-15;/h3,6,12-13,15-16,21H,2,4-5,7-11H2,1H3,(H,22,23);1H. The van der Waals surface area contributed by atoms with Gasteiger partial charge in [0.2, 0.25) is 5.91 Å². The van der Waals surface area contributed by atoms with E-state index in [1.54, 1.807) is 18.2 Å². The van der Waals surface area contributed by atoms with Crippen LogP contribution in [0.25, 0.3) is 0 Å². The van der Waals surface area contributed by atoms with Gasteiger partial charge in [0.1, 0.15) is 12.4 Å². The van der Waals surface area contributed by atoms with Crippen LogP contribution < -0.4 is 15.4 Å². The van der Waals surface area contributed by atoms with Gasteiger partial charge in [0.25, 0.3) is 0 Å². The van der Waals surface area contributed by atoms with Crippen molar-refractivity contribution in [1.29, 1.82) is 0 Å². The van der Waals surface area contributed by atoms with Crippen molar-refractivity contribution in [3.05, 3.63) is 23.2 Å². The number of ether oxygens (including phenoxy) is 2. The third kappa shape index (κ3) is 6.02. The Morgan fingerprint density at radius 3 is 2.69 bits per heavy atom. The van der Waals surface area contributed by atoms with Crippen LogP contribution in [0, 0.1) is 5.92 Å². The molecule has 0 spiro atoms. The molecule has 7 heteroatoms. The highest BCUT2D eigenvalue weighted by molar-refractivity contribution is 6.31. The van der Waals surface area contributed by atoms with Crippen LogP contribution in [0.3, 0.4) is 0 Å². The van der Waals surface area contributed by atoms with E-state index < -0.39 is 0 Å². The molecule has 5 nitrogen and oxygen atoms in total. The monoisotopic (exact) mass is 402 g/mol. The van der Waals surface area contributed by atoms with Gasteiger partial charge in [0.05, 0.1) is 12.3 Å². The predicted octanol–water partition coefficient (Wildman–Crippen LogP) is 4.04. The van der Waals surface area contributed by atoms with Crippen LogP contribution in [0.2, 0.25) is 5.02 Å². The van der Waals surface area contributed by atoms with Gasteiger partial charge in [-0.05, 0) is 56.7 Å². The van der Waals surface area contributed by atoms with E-state index >= 15 is 0 Å². The molecule has 1 aromatic carbocycles. The molecular weight excluding hydrogens is 375 g/mol. The third-order valence-corrected chi connectivity index (χ3v) is 5.18. The summed E-state index contributed by atoms with van der Waals surface area (Å²) in [4.78, 5) is 12.5. The molecule has 146 valence electrons. The lowest BCUT2D eigenvalue weighted by atomic mass is 9.89. The molecule has 1 amide bonds. The quantitative estimate of drug-likeness (QED) is 0.644. The topological polar surface area (TPSA) is 59.6 Å². The molecule has 2 N–H and O–H groups in total. The number of halogens is 2. The van der Waals surface area contributed by atoms with Gasteiger partial charge in [-0.2, -0.15) is 0 Å². The number of amides is 1. The van der Waals surface area contributed by atoms with Crippen LogP contribution in [0.15, 0.2) is 18.2 Å². The summed E-state index contributed by atoms with van der Waals surface area (Å²) in [6.07, 6.45) is 5.23. The van der Waals surface area contributed by atoms with Crippen LogP contribution >= 0.6 is 24.0 Å². The Morgan fingerprint density at radius 2 is 2.00 bits per heavy atom. The maximum absolute atomic E-state index is 12.5. The first-order chi connectivity index (χ1) is 12.1. The van der Waals surface area contributed by atoms with Gasteiger partial charge in [-0.15, -0.1) is 12.4 Å². The summed E-state index contributed by atoms with van der Waals surface area (Å²) in [5.74, 6) is 1.12. The minimum Gasteiger partial charge on any atom is -0.489 e. The third-order valence-electron chi connectivity index (χ3n) is 4.95. The van der Waals surface area contributed by atoms with Crippen molar-refractivity contribution in [2.45, 2.75) is 51.1 Å². The molecule has 3 rings (SSSR count). The fourth-order valence-corrected chi connectivity index (χ4v) is 4.06. The van der Waals surface area contributed by atoms with E-state index in [-0.39, 0.29) is 18.3 Å². The molecular formula is C19H28Cl2N2O3. The Morgan fingerprint density at radius 1 is 1.27 bits per heavy atom. The van der Waals surface area contributed by atoms with E-state index in [4.69, 9.17) is 21.1 Å². The average molecular weight is 403 g/mol. The smallest absolute Gasteiger partial charge is 0.224 e. The highest BCUT2D eigenvalue weighted by Crippen LogP contribution is 2.33. The van der Waals surface area contributed by atoms with E-state index in [1.807, 2.05) is 6.92 Å². The summed E-state index contributed by atoms with van der Waals surface area (Å²) in [6, 6.07) is 6.48. The van der Waals surface area contributed by atoms with E-state index in [2.05, 4.69) is 10.6 Å². The molecule has 0 saturated carbocycles. The van der Waals surface area contributed by atoms with E-state index in [9.17, 15) is 4.79 Å². The number of piperidine rings is 1. The maximum Gasteiger partial charge on any atom is 0.224 e. The van der Waals surface area contributed by atoms with E-state index in [0.717, 1.165) is 12.8 Å². The van der Waals surface area contributed by atoms with Gasteiger partial charge in [-0.1, -0.05) is 11.6 Å². The lowest BCUT2D eigenvalue weighted by molar-refractivity contribution is -0.117. The molecule has 2 heterocycles. The molecule has 2 aliphatic heterocycles. The Balaban J connectivity index is 0.00000243. The van der Waals surface area contributed by atoms with Crippen molar-refractivity contribution in [1.82, 2.24) is 5.32 Å². The van der Waals surface area contributed by atoms with Crippen molar-refractivity contribution in [3.63, 3.8) is 0 Å². The second kappa shape index (κ2) is 10.4. The molecule has 2 saturated heterocycles. The zero-order valence-electron chi connectivity index (χ0n) is 15.1. The summed E-state index contributed by atoms with van der Waals surface area (Å²) < 4.78 is 11.0. The van der Waals surface area contributed by atoms with Crippen LogP contribution in [0.1, 0.15) is 39.0 Å². The minimum atomic E-state index is 0. The average Bonchev–Trinajstić information content (AvgIpc) is 2.92. The van der Waals surface area contributed by atoms with Crippen molar-refractivity contribution < 1.29 is 14.3 Å². The number of hydrogen-bond donors (Lipinski definition) is 2. The minimum absolute atomic E-state index is 0. The van der Waals surface area contributed by atoms with Gasteiger partial charge in [0.15, 0.2) is 0 Å². The number of benzene rings is 1. The first-order valence-corrected chi connectivity index (χ1v) is 9.58. The molecule has 2 aliphatic rings. The number of nitrogens with one attached hydrogen (secondary N) is 2. The van der Waals surface area contributed by atoms with Crippen LogP contribution in [0.5, 0.6) is 5.75 Å². The molecule has 0 aliphatic carbocycles. The lowest BCUT2D eigenvalue weighted by Gasteiger charge is -2.28. The number of anilines is 1. The van der Waals surface area contributed by atoms with E-state index in [0.29, 0.717) is 60.7 Å². The fourth-order valence-electron chi connectivity index (χ4n) is 3.89. The Hall–Kier alpha value is -1.01. The normalized spacial score (nSPS) is 24.0. The molecule has 0 radical (unpaired) electrons. The predicted molar refractivity (Wildman–Crippen MR) is 107 cm³/mol. The second-order valence-corrected chi connectivity index (χ2v) is 7.35. The number of rotatable bonds is 8. The van der Waals surface area contributed by atoms with Gasteiger partial charge in [-0.25, -0.2) is 0 Å². The molecule has 2 atom stereocenters. The van der Waals surface area contributed by atoms with Crippen molar-refractivity contribution in [2.75, 3.05) is 25.1 Å². The Labute approximate surface area is 166 Å². The summed E-state index contributed by atoms with van der Waals surface area (Å²) in [7, 11) is 0. The Kier molecular flexibility index (Phi) is 8.48. The van der Waals surface area contributed by atoms with Crippen molar-refractivity contribution in [3.8, 4) is 5.75 Å². The van der Waals surface area contributed by atoms with Crippen LogP contribution in [0.4, 0.5) is 5.69 Å². The molecule has 0 aromatic heterocycles. The first kappa shape index (κ1) is 21.3. The first-order valence-electron chi connectivity index (χ1n) is 9.20. The summed E-state index contributed by atoms with van der Waals surface area (Å²) in [5, 5.41) is 7.17. The summed E-state index contributed by atoms with van der Waals surface area (Å²) >= 11 is 6.08. The van der Waals surface area contributed by atoms with Gasteiger partial charge in [0, 0.05) is 30.1 Å². The lowest BCUT2D eigenvalue weighted by Crippen LogP contribution is -2.39. The summed E-state index contributed by atoms with van der Waals surface area (Å²) in [5.41, 5.74) is 0.630. The van der Waals surface area contributed by atoms with Crippen molar-refractivity contribution >= 4 is 35.6 Å². The number of hydrogen-bond acceptors (Lipinski definition) is 4. The van der Waals surface area contributed by atoms with E-state index in [1.165, 1.54) is 12.8 Å². The van der Waals surface area contributed by atoms with Gasteiger partial charge < -0.3 is 20.1 Å². The second-order valence-electron chi connectivity index (χ2n) is 6.91. The molecule has 1 aromatic rings. The zero-order chi connectivity index (χ0) is 17.6. The fraction of sp³-hybridized carbons (Fsp3) is 0.632. The largest absolute Gasteiger partial charge is 0.489 e. The molecule has 2 fully saturated rings. The van der Waals surface area contributed by atoms with Gasteiger partial charge in [-0.3, -0.25) is 4.79 Å². The molecule has 2 bridgehead atoms. The number of carbonyl (C=O) groups is 1. The number of fused-ring (bicyclic) bond motifs is 2. The SMILES string of the molecule is CCOCCOc1ccc(Cl)cc1NC(=O)CC1CC2CCC(C1)N2.Cl. The number of carbonyl (C=O) groups excluding carboxylic acids is 1. The zero-order valence-corrected chi connectivity index (χ0v) is 16.7. The summed E-state index contributed by atoms with van der Waals surface area (Å²) in [6.45, 7) is 3.56. The van der Waals surface area contributed by atoms with Crippen LogP contribution in [-0.2, 0) is 9.53 Å². The van der Waals surface area contributed by atoms with Gasteiger partial charge >= 0.3 is 0 Å². The molecule has 2 unspecified atom stereocenters. The maximum atomic E-state index is 12.5. The highest BCUT2D eigenvalue weighted by Gasteiger charge is 2.34. The Bertz CT molecular complexity index is 588. The highest BCUT2D eigenvalue weighted by atomic mass is 35.5. The van der Waals surface area contributed by atoms with Crippen molar-refractivity contribution in [2.24, 2.45) is 5.92 Å².